The van der Waals surface area contributed by atoms with E-state index in [0.717, 1.165) is 23.0 Å². The average molecular weight is 477 g/mol. The number of carbonyl (C=O) groups excluding carboxylic acids is 1. The van der Waals surface area contributed by atoms with E-state index in [1.807, 2.05) is 42.0 Å². The number of aromatic nitrogens is 3. The van der Waals surface area contributed by atoms with Crippen molar-refractivity contribution in [2.24, 2.45) is 0 Å². The van der Waals surface area contributed by atoms with Gasteiger partial charge in [0.1, 0.15) is 5.56 Å². The first-order chi connectivity index (χ1) is 16.7. The minimum Gasteiger partial charge on any atom is -0.459 e. The molecule has 10 heteroatoms. The molecule has 0 spiro atoms. The van der Waals surface area contributed by atoms with Gasteiger partial charge in [-0.05, 0) is 45.4 Å². The Morgan fingerprint density at radius 1 is 1.29 bits per heavy atom. The molecule has 2 heterocycles. The molecule has 4 rings (SSSR count). The number of para-hydroxylation sites is 1. The summed E-state index contributed by atoms with van der Waals surface area (Å²) in [6.07, 6.45) is 2.94. The fourth-order valence-electron chi connectivity index (χ4n) is 3.83. The highest BCUT2D eigenvalue weighted by atomic mass is 19.1. The van der Waals surface area contributed by atoms with Gasteiger partial charge in [0, 0.05) is 41.5 Å². The SMILES string of the molecule is CCn1cc(-c2nc(Nc3cc([N+](=O)[O-])c(F)cc3C)ncc2C(=O)OC(C)C)c2ccccc21. The van der Waals surface area contributed by atoms with Gasteiger partial charge in [0.15, 0.2) is 0 Å². The summed E-state index contributed by atoms with van der Waals surface area (Å²) in [5.74, 6) is -1.40. The van der Waals surface area contributed by atoms with E-state index in [1.54, 1.807) is 20.8 Å². The Morgan fingerprint density at radius 3 is 2.71 bits per heavy atom. The quantitative estimate of drug-likeness (QED) is 0.204. The topological polar surface area (TPSA) is 112 Å². The monoisotopic (exact) mass is 477 g/mol. The Kier molecular flexibility index (Phi) is 6.46. The van der Waals surface area contributed by atoms with Crippen molar-refractivity contribution in [1.82, 2.24) is 14.5 Å². The van der Waals surface area contributed by atoms with Crippen molar-refractivity contribution >= 4 is 34.2 Å². The first-order valence-electron chi connectivity index (χ1n) is 11.1. The molecule has 0 atom stereocenters. The van der Waals surface area contributed by atoms with Gasteiger partial charge in [0.05, 0.1) is 22.4 Å². The zero-order valence-corrected chi connectivity index (χ0v) is 19.7. The Bertz CT molecular complexity index is 1450. The molecule has 1 N–H and O–H groups in total. The highest BCUT2D eigenvalue weighted by Gasteiger charge is 2.23. The number of nitro benzene ring substituents is 1. The number of aryl methyl sites for hydroxylation is 2. The van der Waals surface area contributed by atoms with Gasteiger partial charge in [-0.15, -0.1) is 0 Å². The molecule has 0 aliphatic carbocycles. The van der Waals surface area contributed by atoms with Crippen molar-refractivity contribution in [2.75, 3.05) is 5.32 Å². The predicted octanol–water partition coefficient (Wildman–Crippen LogP) is 5.78. The van der Waals surface area contributed by atoms with Crippen LogP contribution in [0, 0.1) is 22.9 Å². The standard InChI is InChI=1S/C25H24FN5O4/c1-5-30-13-18(16-8-6-7-9-21(16)30)23-17(24(32)35-14(2)3)12-27-25(29-23)28-20-11-22(31(33)34)19(26)10-15(20)4/h6-14H,5H2,1-4H3,(H,27,28,29). The number of hydrogen-bond acceptors (Lipinski definition) is 7. The lowest BCUT2D eigenvalue weighted by molar-refractivity contribution is -0.387. The van der Waals surface area contributed by atoms with Crippen molar-refractivity contribution in [1.29, 1.82) is 0 Å². The second kappa shape index (κ2) is 9.49. The van der Waals surface area contributed by atoms with Crippen molar-refractivity contribution in [3.05, 3.63) is 75.9 Å². The van der Waals surface area contributed by atoms with E-state index in [1.165, 1.54) is 6.20 Å². The highest BCUT2D eigenvalue weighted by Crippen LogP contribution is 2.33. The fraction of sp³-hybridized carbons (Fsp3) is 0.240. The maximum atomic E-state index is 14.0. The summed E-state index contributed by atoms with van der Waals surface area (Å²) in [6.45, 7) is 7.84. The van der Waals surface area contributed by atoms with Gasteiger partial charge in [-0.1, -0.05) is 18.2 Å². The van der Waals surface area contributed by atoms with Crippen molar-refractivity contribution in [3.63, 3.8) is 0 Å². The van der Waals surface area contributed by atoms with E-state index in [0.29, 0.717) is 23.4 Å². The van der Waals surface area contributed by atoms with E-state index < -0.39 is 22.4 Å². The Hall–Kier alpha value is -4.34. The Labute approximate surface area is 200 Å². The Balaban J connectivity index is 1.87. The molecule has 2 aromatic heterocycles. The molecule has 2 aromatic carbocycles. The van der Waals surface area contributed by atoms with Crippen LogP contribution in [0.4, 0.5) is 21.7 Å². The summed E-state index contributed by atoms with van der Waals surface area (Å²) in [5, 5.41) is 15.0. The zero-order chi connectivity index (χ0) is 25.3. The van der Waals surface area contributed by atoms with E-state index >= 15 is 0 Å². The molecule has 0 unspecified atom stereocenters. The first-order valence-corrected chi connectivity index (χ1v) is 11.1. The summed E-state index contributed by atoms with van der Waals surface area (Å²) >= 11 is 0. The number of anilines is 2. The Morgan fingerprint density at radius 2 is 2.03 bits per heavy atom. The summed E-state index contributed by atoms with van der Waals surface area (Å²) in [5.41, 5.74) is 2.27. The van der Waals surface area contributed by atoms with Gasteiger partial charge >= 0.3 is 11.7 Å². The van der Waals surface area contributed by atoms with Crippen LogP contribution in [-0.2, 0) is 11.3 Å². The third-order valence-corrected chi connectivity index (χ3v) is 5.47. The van der Waals surface area contributed by atoms with Crippen LogP contribution in [-0.4, -0.2) is 31.5 Å². The van der Waals surface area contributed by atoms with Gasteiger partial charge in [0.2, 0.25) is 11.8 Å². The number of benzene rings is 2. The number of fused-ring (bicyclic) bond motifs is 1. The molecule has 0 saturated heterocycles. The number of nitrogens with zero attached hydrogens (tertiary/aromatic N) is 4. The number of hydrogen-bond donors (Lipinski definition) is 1. The van der Waals surface area contributed by atoms with Crippen LogP contribution in [0.5, 0.6) is 0 Å². The zero-order valence-electron chi connectivity index (χ0n) is 19.7. The highest BCUT2D eigenvalue weighted by molar-refractivity contribution is 6.03. The molecule has 4 aromatic rings. The molecular formula is C25H24FN5O4. The van der Waals surface area contributed by atoms with E-state index in [9.17, 15) is 19.3 Å². The van der Waals surface area contributed by atoms with Crippen LogP contribution in [0.25, 0.3) is 22.2 Å². The number of rotatable bonds is 7. The molecule has 0 aliphatic rings. The normalized spacial score (nSPS) is 11.1. The molecule has 0 amide bonds. The molecule has 0 saturated carbocycles. The summed E-state index contributed by atoms with van der Waals surface area (Å²) < 4.78 is 21.4. The average Bonchev–Trinajstić information content (AvgIpc) is 3.19. The van der Waals surface area contributed by atoms with E-state index in [4.69, 9.17) is 4.74 Å². The van der Waals surface area contributed by atoms with Crippen LogP contribution < -0.4 is 5.32 Å². The molecule has 180 valence electrons. The number of nitro groups is 1. The fourth-order valence-corrected chi connectivity index (χ4v) is 3.83. The first kappa shape index (κ1) is 23.8. The van der Waals surface area contributed by atoms with Crippen LogP contribution >= 0.6 is 0 Å². The lowest BCUT2D eigenvalue weighted by Crippen LogP contribution is -2.14. The van der Waals surface area contributed by atoms with Crippen LogP contribution in [0.1, 0.15) is 36.7 Å². The minimum atomic E-state index is -0.932. The molecular weight excluding hydrogens is 453 g/mol. The van der Waals surface area contributed by atoms with Gasteiger partial charge in [-0.2, -0.15) is 4.39 Å². The number of ether oxygens (including phenoxy) is 1. The van der Waals surface area contributed by atoms with Crippen LogP contribution in [0.2, 0.25) is 0 Å². The number of halogens is 1. The van der Waals surface area contributed by atoms with Crippen molar-refractivity contribution in [3.8, 4) is 11.3 Å². The van der Waals surface area contributed by atoms with Gasteiger partial charge in [-0.25, -0.2) is 14.8 Å². The number of esters is 1. The van der Waals surface area contributed by atoms with Crippen molar-refractivity contribution < 1.29 is 18.8 Å². The molecule has 35 heavy (non-hydrogen) atoms. The van der Waals surface area contributed by atoms with Gasteiger partial charge in [-0.3, -0.25) is 10.1 Å². The van der Waals surface area contributed by atoms with Crippen LogP contribution in [0.15, 0.2) is 48.8 Å². The van der Waals surface area contributed by atoms with Crippen LogP contribution in [0.3, 0.4) is 0 Å². The molecule has 0 aliphatic heterocycles. The maximum Gasteiger partial charge on any atom is 0.342 e. The van der Waals surface area contributed by atoms with E-state index in [2.05, 4.69) is 15.3 Å². The second-order valence-corrected chi connectivity index (χ2v) is 8.26. The lowest BCUT2D eigenvalue weighted by atomic mass is 10.1. The third-order valence-electron chi connectivity index (χ3n) is 5.47. The molecule has 0 bridgehead atoms. The predicted molar refractivity (Wildman–Crippen MR) is 130 cm³/mol. The molecule has 0 radical (unpaired) electrons. The van der Waals surface area contributed by atoms with Crippen molar-refractivity contribution in [2.45, 2.75) is 40.3 Å². The number of carbonyl (C=O) groups is 1. The smallest absolute Gasteiger partial charge is 0.342 e. The maximum absolute atomic E-state index is 14.0. The lowest BCUT2D eigenvalue weighted by Gasteiger charge is -2.13. The largest absolute Gasteiger partial charge is 0.459 e. The van der Waals surface area contributed by atoms with Gasteiger partial charge < -0.3 is 14.6 Å². The van der Waals surface area contributed by atoms with Gasteiger partial charge in [0.25, 0.3) is 0 Å². The number of nitrogens with one attached hydrogen (secondary N) is 1. The third kappa shape index (κ3) is 4.68. The summed E-state index contributed by atoms with van der Waals surface area (Å²) in [6, 6.07) is 9.93. The molecule has 9 nitrogen and oxygen atoms in total. The van der Waals surface area contributed by atoms with E-state index in [-0.39, 0.29) is 23.3 Å². The molecule has 0 fully saturated rings. The second-order valence-electron chi connectivity index (χ2n) is 8.26. The minimum absolute atomic E-state index is 0.0958. The summed E-state index contributed by atoms with van der Waals surface area (Å²) in [4.78, 5) is 32.1. The summed E-state index contributed by atoms with van der Waals surface area (Å²) in [7, 11) is 0.